The van der Waals surface area contributed by atoms with E-state index in [9.17, 15) is 0 Å². The van der Waals surface area contributed by atoms with Gasteiger partial charge < -0.3 is 9.47 Å². The number of rotatable bonds is 2. The first-order valence-corrected chi connectivity index (χ1v) is 6.73. The van der Waals surface area contributed by atoms with E-state index in [4.69, 9.17) is 9.47 Å². The summed E-state index contributed by atoms with van der Waals surface area (Å²) in [7, 11) is 3.53. The molecule has 0 spiro atoms. The molecule has 0 aliphatic heterocycles. The van der Waals surface area contributed by atoms with E-state index in [0.717, 1.165) is 12.2 Å². The van der Waals surface area contributed by atoms with Crippen LogP contribution in [0.1, 0.15) is 36.3 Å². The largest absolute Gasteiger partial charge is 0.501 e. The first kappa shape index (κ1) is 11.6. The Balaban J connectivity index is 1.96. The van der Waals surface area contributed by atoms with E-state index in [1.54, 1.807) is 14.2 Å². The lowest BCUT2D eigenvalue weighted by Crippen LogP contribution is -2.23. The lowest BCUT2D eigenvalue weighted by atomic mass is 9.70. The molecule has 2 unspecified atom stereocenters. The molecule has 2 nitrogen and oxygen atoms in total. The van der Waals surface area contributed by atoms with Crippen molar-refractivity contribution < 1.29 is 9.47 Å². The first-order chi connectivity index (χ1) is 8.81. The highest BCUT2D eigenvalue weighted by atomic mass is 16.5. The van der Waals surface area contributed by atoms with Crippen LogP contribution in [0.15, 0.2) is 30.0 Å². The van der Waals surface area contributed by atoms with E-state index in [2.05, 4.69) is 24.3 Å². The predicted octanol–water partition coefficient (Wildman–Crippen LogP) is 3.67. The Morgan fingerprint density at radius 1 is 1.06 bits per heavy atom. The number of methoxy groups -OCH3 is 2. The van der Waals surface area contributed by atoms with Gasteiger partial charge in [-0.3, -0.25) is 0 Å². The maximum absolute atomic E-state index is 5.41. The zero-order chi connectivity index (χ0) is 12.5. The second-order valence-electron chi connectivity index (χ2n) is 5.25. The van der Waals surface area contributed by atoms with Crippen LogP contribution in [0.5, 0.6) is 5.75 Å². The van der Waals surface area contributed by atoms with Crippen molar-refractivity contribution >= 4 is 0 Å². The van der Waals surface area contributed by atoms with E-state index in [1.807, 2.05) is 0 Å². The number of hydrogen-bond acceptors (Lipinski definition) is 2. The van der Waals surface area contributed by atoms with Gasteiger partial charge in [-0.1, -0.05) is 6.07 Å². The third-order valence-corrected chi connectivity index (χ3v) is 4.38. The number of fused-ring (bicyclic) bond motifs is 3. The molecule has 0 radical (unpaired) electrons. The monoisotopic (exact) mass is 244 g/mol. The number of aryl methyl sites for hydroxylation is 1. The molecule has 0 amide bonds. The number of allylic oxidation sites excluding steroid dienone is 2. The van der Waals surface area contributed by atoms with Gasteiger partial charge in [-0.15, -0.1) is 0 Å². The molecule has 0 saturated carbocycles. The normalized spacial score (nSPS) is 25.8. The summed E-state index contributed by atoms with van der Waals surface area (Å²) in [5, 5.41) is 0. The zero-order valence-corrected chi connectivity index (χ0v) is 11.1. The summed E-state index contributed by atoms with van der Waals surface area (Å²) in [5.41, 5.74) is 3.00. The van der Waals surface area contributed by atoms with Crippen molar-refractivity contribution in [1.29, 1.82) is 0 Å². The van der Waals surface area contributed by atoms with Crippen LogP contribution >= 0.6 is 0 Å². The number of hydrogen-bond donors (Lipinski definition) is 0. The van der Waals surface area contributed by atoms with Gasteiger partial charge in [0.25, 0.3) is 0 Å². The minimum Gasteiger partial charge on any atom is -0.501 e. The molecular weight excluding hydrogens is 224 g/mol. The molecule has 2 heteroatoms. The second-order valence-corrected chi connectivity index (χ2v) is 5.25. The summed E-state index contributed by atoms with van der Waals surface area (Å²) in [5.74, 6) is 3.45. The lowest BCUT2D eigenvalue weighted by Gasteiger charge is -2.35. The lowest BCUT2D eigenvalue weighted by molar-refractivity contribution is 0.243. The van der Waals surface area contributed by atoms with Crippen LogP contribution in [0.4, 0.5) is 0 Å². The fourth-order valence-corrected chi connectivity index (χ4v) is 3.39. The molecule has 0 aromatic heterocycles. The van der Waals surface area contributed by atoms with E-state index in [0.29, 0.717) is 11.8 Å². The van der Waals surface area contributed by atoms with Crippen molar-refractivity contribution in [2.45, 2.75) is 31.6 Å². The Hall–Kier alpha value is -1.44. The summed E-state index contributed by atoms with van der Waals surface area (Å²) in [6.45, 7) is 0. The van der Waals surface area contributed by atoms with Gasteiger partial charge in [-0.2, -0.15) is 0 Å². The van der Waals surface area contributed by atoms with Crippen LogP contribution in [0.3, 0.4) is 0 Å². The van der Waals surface area contributed by atoms with Crippen molar-refractivity contribution in [3.8, 4) is 5.75 Å². The van der Waals surface area contributed by atoms with Crippen LogP contribution in [0.25, 0.3) is 0 Å². The van der Waals surface area contributed by atoms with Crippen LogP contribution in [-0.2, 0) is 11.2 Å². The van der Waals surface area contributed by atoms with Gasteiger partial charge in [-0.05, 0) is 60.4 Å². The number of ether oxygens (including phenoxy) is 2. The summed E-state index contributed by atoms with van der Waals surface area (Å²) >= 11 is 0. The van der Waals surface area contributed by atoms with Crippen LogP contribution in [0.2, 0.25) is 0 Å². The molecule has 0 heterocycles. The van der Waals surface area contributed by atoms with Gasteiger partial charge in [0.1, 0.15) is 5.75 Å². The summed E-state index contributed by atoms with van der Waals surface area (Å²) in [6.07, 6.45) is 7.03. The molecule has 1 aromatic rings. The van der Waals surface area contributed by atoms with Crippen LogP contribution in [-0.4, -0.2) is 14.2 Å². The molecular formula is C16H20O2. The van der Waals surface area contributed by atoms with Crippen LogP contribution < -0.4 is 4.74 Å². The molecule has 2 aliphatic rings. The molecule has 0 N–H and O–H groups in total. The Morgan fingerprint density at radius 2 is 1.94 bits per heavy atom. The predicted molar refractivity (Wildman–Crippen MR) is 71.9 cm³/mol. The second kappa shape index (κ2) is 4.68. The fourth-order valence-electron chi connectivity index (χ4n) is 3.39. The van der Waals surface area contributed by atoms with Crippen molar-refractivity contribution in [3.05, 3.63) is 41.2 Å². The Labute approximate surface area is 109 Å². The van der Waals surface area contributed by atoms with Gasteiger partial charge in [-0.25, -0.2) is 0 Å². The smallest absolute Gasteiger partial charge is 0.119 e. The van der Waals surface area contributed by atoms with Crippen molar-refractivity contribution in [1.82, 2.24) is 0 Å². The summed E-state index contributed by atoms with van der Waals surface area (Å²) < 4.78 is 10.8. The fraction of sp³-hybridized carbons (Fsp3) is 0.500. The molecule has 0 saturated heterocycles. The Morgan fingerprint density at radius 3 is 2.72 bits per heavy atom. The molecule has 2 aliphatic carbocycles. The van der Waals surface area contributed by atoms with Gasteiger partial charge in [0.05, 0.1) is 20.0 Å². The standard InChI is InChI=1S/C16H20O2/c1-17-13-7-8-15-12(9-13)4-3-11-5-6-14(18-2)10-16(11)15/h5-6,9-10,12,15H,3-4,7-8H2,1-2H3. The maximum atomic E-state index is 5.41. The first-order valence-electron chi connectivity index (χ1n) is 6.73. The Bertz CT molecular complexity index is 476. The third-order valence-electron chi connectivity index (χ3n) is 4.38. The topological polar surface area (TPSA) is 18.5 Å². The molecule has 0 bridgehead atoms. The van der Waals surface area contributed by atoms with Crippen molar-refractivity contribution in [2.24, 2.45) is 5.92 Å². The summed E-state index contributed by atoms with van der Waals surface area (Å²) in [4.78, 5) is 0. The zero-order valence-electron chi connectivity index (χ0n) is 11.1. The summed E-state index contributed by atoms with van der Waals surface area (Å²) in [6, 6.07) is 6.55. The molecule has 96 valence electrons. The average molecular weight is 244 g/mol. The third kappa shape index (κ3) is 1.90. The minimum atomic E-state index is 0.647. The maximum Gasteiger partial charge on any atom is 0.119 e. The minimum absolute atomic E-state index is 0.647. The van der Waals surface area contributed by atoms with Crippen LogP contribution in [0, 0.1) is 5.92 Å². The van der Waals surface area contributed by atoms with Gasteiger partial charge >= 0.3 is 0 Å². The quantitative estimate of drug-likeness (QED) is 0.790. The molecule has 1 aromatic carbocycles. The van der Waals surface area contributed by atoms with Crippen molar-refractivity contribution in [3.63, 3.8) is 0 Å². The van der Waals surface area contributed by atoms with E-state index < -0.39 is 0 Å². The van der Waals surface area contributed by atoms with Crippen molar-refractivity contribution in [2.75, 3.05) is 14.2 Å². The molecule has 0 fully saturated rings. The van der Waals surface area contributed by atoms with E-state index >= 15 is 0 Å². The SMILES string of the molecule is COC1=CC2CCc3ccc(OC)cc3C2CC1. The van der Waals surface area contributed by atoms with Gasteiger partial charge in [0.15, 0.2) is 0 Å². The van der Waals surface area contributed by atoms with Gasteiger partial charge in [0, 0.05) is 6.42 Å². The van der Waals surface area contributed by atoms with E-state index in [-0.39, 0.29) is 0 Å². The Kier molecular flexibility index (Phi) is 3.02. The average Bonchev–Trinajstić information content (AvgIpc) is 2.45. The molecule has 2 atom stereocenters. The molecule has 3 rings (SSSR count). The van der Waals surface area contributed by atoms with Gasteiger partial charge in [0.2, 0.25) is 0 Å². The highest BCUT2D eigenvalue weighted by molar-refractivity contribution is 5.41. The highest BCUT2D eigenvalue weighted by Crippen LogP contribution is 2.44. The van der Waals surface area contributed by atoms with E-state index in [1.165, 1.54) is 36.1 Å². The number of benzene rings is 1. The molecule has 18 heavy (non-hydrogen) atoms. The highest BCUT2D eigenvalue weighted by Gasteiger charge is 2.31.